The molecule has 0 saturated carbocycles. The van der Waals surface area contributed by atoms with Gasteiger partial charge in [-0.2, -0.15) is 0 Å². The van der Waals surface area contributed by atoms with Crippen LogP contribution in [0.5, 0.6) is 0 Å². The van der Waals surface area contributed by atoms with Crippen molar-refractivity contribution in [3.8, 4) is 0 Å². The summed E-state index contributed by atoms with van der Waals surface area (Å²) in [6, 6.07) is 0.901. The van der Waals surface area contributed by atoms with Gasteiger partial charge < -0.3 is 0 Å². The zero-order chi connectivity index (χ0) is 10.9. The van der Waals surface area contributed by atoms with Crippen LogP contribution in [0.3, 0.4) is 0 Å². The number of halogens is 4. The maximum atomic E-state index is 12.8. The monoisotopic (exact) mass is 244 g/mol. The van der Waals surface area contributed by atoms with Crippen LogP contribution in [0.1, 0.15) is 5.56 Å². The summed E-state index contributed by atoms with van der Waals surface area (Å²) in [5.41, 5.74) is -0.627. The molecule has 0 aliphatic rings. The Morgan fingerprint density at radius 1 is 1.21 bits per heavy atom. The molecular weight excluding hydrogens is 241 g/mol. The van der Waals surface area contributed by atoms with Crippen molar-refractivity contribution in [2.75, 3.05) is 0 Å². The smallest absolute Gasteiger partial charge is 0.212 e. The molecule has 0 aliphatic heterocycles. The molecule has 0 amide bonds. The fraction of sp³-hybridized carbons (Fsp3) is 0.143. The Morgan fingerprint density at radius 2 is 1.79 bits per heavy atom. The van der Waals surface area contributed by atoms with E-state index < -0.39 is 37.8 Å². The maximum Gasteiger partial charge on any atom is 0.236 e. The summed E-state index contributed by atoms with van der Waals surface area (Å²) in [7, 11) is 0.771. The third-order valence-corrected chi connectivity index (χ3v) is 2.38. The molecule has 1 rings (SSSR count). The average molecular weight is 245 g/mol. The van der Waals surface area contributed by atoms with Crippen LogP contribution in [0.2, 0.25) is 0 Å². The fourth-order valence-electron chi connectivity index (χ4n) is 0.900. The maximum absolute atomic E-state index is 12.8. The molecule has 0 radical (unpaired) electrons. The van der Waals surface area contributed by atoms with E-state index in [4.69, 9.17) is 10.7 Å². The minimum atomic E-state index is -4.03. The fourth-order valence-corrected chi connectivity index (χ4v) is 1.83. The van der Waals surface area contributed by atoms with Gasteiger partial charge in [0.05, 0.1) is 5.75 Å². The molecule has 0 spiro atoms. The summed E-state index contributed by atoms with van der Waals surface area (Å²) < 4.78 is 59.0. The van der Waals surface area contributed by atoms with Crippen molar-refractivity contribution in [1.82, 2.24) is 0 Å². The second kappa shape index (κ2) is 3.78. The van der Waals surface area contributed by atoms with Crippen LogP contribution in [-0.4, -0.2) is 8.42 Å². The van der Waals surface area contributed by atoms with Gasteiger partial charge in [0.1, 0.15) is 5.82 Å². The second-order valence-electron chi connectivity index (χ2n) is 2.54. The molecule has 0 fully saturated rings. The SMILES string of the molecule is O=S(=O)(Cl)Cc1cc(F)cc(F)c1F. The highest BCUT2D eigenvalue weighted by Gasteiger charge is 2.16. The number of rotatable bonds is 2. The lowest BCUT2D eigenvalue weighted by molar-refractivity contribution is 0.487. The zero-order valence-electron chi connectivity index (χ0n) is 6.60. The molecule has 0 atom stereocenters. The minimum absolute atomic E-state index is 0.319. The van der Waals surface area contributed by atoms with E-state index in [2.05, 4.69) is 0 Å². The first-order valence-corrected chi connectivity index (χ1v) is 5.83. The molecule has 14 heavy (non-hydrogen) atoms. The Hall–Kier alpha value is -0.750. The topological polar surface area (TPSA) is 34.1 Å². The Labute approximate surface area is 82.7 Å². The van der Waals surface area contributed by atoms with Gasteiger partial charge in [-0.05, 0) is 6.07 Å². The molecule has 0 unspecified atom stereocenters. The van der Waals surface area contributed by atoms with Crippen molar-refractivity contribution < 1.29 is 21.6 Å². The lowest BCUT2D eigenvalue weighted by Crippen LogP contribution is -2.01. The van der Waals surface area contributed by atoms with Gasteiger partial charge in [0, 0.05) is 22.3 Å². The van der Waals surface area contributed by atoms with Crippen LogP contribution in [0.25, 0.3) is 0 Å². The molecule has 0 aromatic heterocycles. The summed E-state index contributed by atoms with van der Waals surface area (Å²) in [4.78, 5) is 0. The number of hydrogen-bond donors (Lipinski definition) is 0. The van der Waals surface area contributed by atoms with Crippen LogP contribution in [-0.2, 0) is 14.8 Å². The summed E-state index contributed by atoms with van der Waals surface area (Å²) in [5, 5.41) is 0. The number of hydrogen-bond acceptors (Lipinski definition) is 2. The van der Waals surface area contributed by atoms with Gasteiger partial charge in [0.2, 0.25) is 9.05 Å². The van der Waals surface area contributed by atoms with Gasteiger partial charge in [0.15, 0.2) is 11.6 Å². The molecule has 0 saturated heterocycles. The normalized spacial score (nSPS) is 11.7. The third-order valence-electron chi connectivity index (χ3n) is 1.40. The summed E-state index contributed by atoms with van der Waals surface area (Å²) in [6.45, 7) is 0. The van der Waals surface area contributed by atoms with Gasteiger partial charge in [0.25, 0.3) is 0 Å². The Morgan fingerprint density at radius 3 is 2.29 bits per heavy atom. The molecule has 0 N–H and O–H groups in total. The Balaban J connectivity index is 3.22. The highest BCUT2D eigenvalue weighted by molar-refractivity contribution is 8.13. The standard InChI is InChI=1S/C7H4ClF3O2S/c8-14(12,13)3-4-1-5(9)2-6(10)7(4)11/h1-2H,3H2. The molecule has 2 nitrogen and oxygen atoms in total. The van der Waals surface area contributed by atoms with E-state index in [0.29, 0.717) is 12.1 Å². The van der Waals surface area contributed by atoms with Crippen LogP contribution in [0, 0.1) is 17.5 Å². The van der Waals surface area contributed by atoms with Gasteiger partial charge in [-0.15, -0.1) is 0 Å². The second-order valence-corrected chi connectivity index (χ2v) is 5.32. The molecule has 1 aromatic carbocycles. The molecule has 1 aromatic rings. The van der Waals surface area contributed by atoms with E-state index in [9.17, 15) is 21.6 Å². The van der Waals surface area contributed by atoms with Crippen molar-refractivity contribution in [3.05, 3.63) is 35.1 Å². The first kappa shape index (κ1) is 11.3. The summed E-state index contributed by atoms with van der Waals surface area (Å²) in [6.07, 6.45) is 0. The van der Waals surface area contributed by atoms with E-state index in [-0.39, 0.29) is 0 Å². The molecule has 0 heterocycles. The molecule has 0 bridgehead atoms. The quantitative estimate of drug-likeness (QED) is 0.590. The molecule has 7 heteroatoms. The predicted molar refractivity (Wildman–Crippen MR) is 44.8 cm³/mol. The van der Waals surface area contributed by atoms with Crippen LogP contribution in [0.15, 0.2) is 12.1 Å². The van der Waals surface area contributed by atoms with E-state index in [1.165, 1.54) is 0 Å². The largest absolute Gasteiger partial charge is 0.236 e. The predicted octanol–water partition coefficient (Wildman–Crippen LogP) is 2.17. The molecule has 0 aliphatic carbocycles. The first-order valence-electron chi connectivity index (χ1n) is 3.35. The van der Waals surface area contributed by atoms with Crippen molar-refractivity contribution in [3.63, 3.8) is 0 Å². The lowest BCUT2D eigenvalue weighted by atomic mass is 10.2. The van der Waals surface area contributed by atoms with Crippen LogP contribution in [0.4, 0.5) is 13.2 Å². The molecule has 78 valence electrons. The van der Waals surface area contributed by atoms with E-state index in [0.717, 1.165) is 0 Å². The lowest BCUT2D eigenvalue weighted by Gasteiger charge is -2.01. The Kier molecular flexibility index (Phi) is 3.06. The highest BCUT2D eigenvalue weighted by Crippen LogP contribution is 2.18. The van der Waals surface area contributed by atoms with Gasteiger partial charge in [-0.25, -0.2) is 21.6 Å². The van der Waals surface area contributed by atoms with Crippen molar-refractivity contribution in [1.29, 1.82) is 0 Å². The van der Waals surface area contributed by atoms with Crippen molar-refractivity contribution >= 4 is 19.7 Å². The zero-order valence-corrected chi connectivity index (χ0v) is 8.17. The molecular formula is C7H4ClF3O2S. The first-order chi connectivity index (χ1) is 6.29. The van der Waals surface area contributed by atoms with Crippen LogP contribution < -0.4 is 0 Å². The van der Waals surface area contributed by atoms with E-state index in [1.807, 2.05) is 0 Å². The highest BCUT2D eigenvalue weighted by atomic mass is 35.7. The van der Waals surface area contributed by atoms with Crippen molar-refractivity contribution in [2.24, 2.45) is 0 Å². The Bertz CT molecular complexity index is 458. The minimum Gasteiger partial charge on any atom is -0.212 e. The van der Waals surface area contributed by atoms with E-state index in [1.54, 1.807) is 0 Å². The number of benzene rings is 1. The van der Waals surface area contributed by atoms with Gasteiger partial charge >= 0.3 is 0 Å². The van der Waals surface area contributed by atoms with Gasteiger partial charge in [-0.1, -0.05) is 0 Å². The van der Waals surface area contributed by atoms with E-state index >= 15 is 0 Å². The summed E-state index contributed by atoms with van der Waals surface area (Å²) in [5.74, 6) is -4.86. The summed E-state index contributed by atoms with van der Waals surface area (Å²) >= 11 is 0. The van der Waals surface area contributed by atoms with Crippen LogP contribution >= 0.6 is 10.7 Å². The third kappa shape index (κ3) is 2.88. The van der Waals surface area contributed by atoms with Gasteiger partial charge in [-0.3, -0.25) is 0 Å². The van der Waals surface area contributed by atoms with Crippen molar-refractivity contribution in [2.45, 2.75) is 5.75 Å². The average Bonchev–Trinajstić information content (AvgIpc) is 1.96.